The first-order chi connectivity index (χ1) is 18.9. The van der Waals surface area contributed by atoms with E-state index in [2.05, 4.69) is 27.6 Å². The number of pyridine rings is 1. The minimum atomic E-state index is -0.356. The van der Waals surface area contributed by atoms with Crippen molar-refractivity contribution in [2.24, 2.45) is 11.0 Å². The predicted octanol–water partition coefficient (Wildman–Crippen LogP) is 4.36. The topological polar surface area (TPSA) is 85.2 Å². The first kappa shape index (κ1) is 27.0. The summed E-state index contributed by atoms with van der Waals surface area (Å²) in [7, 11) is 0. The molecule has 8 nitrogen and oxygen atoms in total. The number of hydrazone groups is 1. The number of benzene rings is 2. The van der Waals surface area contributed by atoms with Crippen molar-refractivity contribution in [1.82, 2.24) is 14.9 Å². The Kier molecular flexibility index (Phi) is 8.33. The highest BCUT2D eigenvalue weighted by atomic mass is 35.5. The number of aryl methyl sites for hydroxylation is 1. The van der Waals surface area contributed by atoms with E-state index in [-0.39, 0.29) is 18.1 Å². The molecule has 2 unspecified atom stereocenters. The number of aromatic nitrogens is 1. The van der Waals surface area contributed by atoms with Gasteiger partial charge in [-0.2, -0.15) is 5.10 Å². The second-order valence-corrected chi connectivity index (χ2v) is 10.6. The number of rotatable bonds is 9. The molecule has 39 heavy (non-hydrogen) atoms. The number of ether oxygens (including phenoxy) is 2. The Morgan fingerprint density at radius 1 is 1.10 bits per heavy atom. The van der Waals surface area contributed by atoms with Crippen LogP contribution >= 0.6 is 11.6 Å². The van der Waals surface area contributed by atoms with Crippen LogP contribution in [0.3, 0.4) is 0 Å². The Bertz CT molecular complexity index is 1440. The number of piperidine rings is 1. The normalized spacial score (nSPS) is 18.5. The lowest BCUT2D eigenvalue weighted by atomic mass is 9.83. The van der Waals surface area contributed by atoms with Gasteiger partial charge in [-0.3, -0.25) is 14.5 Å². The molecule has 0 saturated carbocycles. The van der Waals surface area contributed by atoms with E-state index in [9.17, 15) is 9.59 Å². The summed E-state index contributed by atoms with van der Waals surface area (Å²) in [5.74, 6) is 1.89. The van der Waals surface area contributed by atoms with E-state index in [0.717, 1.165) is 60.7 Å². The monoisotopic (exact) mass is 548 g/mol. The number of nitrogens with one attached hydrogen (secondary N) is 1. The number of hydrogen-bond acceptors (Lipinski definition) is 6. The molecule has 3 aromatic rings. The highest BCUT2D eigenvalue weighted by molar-refractivity contribution is 6.30. The number of amides is 1. The fourth-order valence-corrected chi connectivity index (χ4v) is 5.82. The second kappa shape index (κ2) is 12.1. The summed E-state index contributed by atoms with van der Waals surface area (Å²) >= 11 is 5.97. The zero-order valence-corrected chi connectivity index (χ0v) is 23.0. The number of fused-ring (bicyclic) bond motifs is 4. The molecule has 1 amide bonds. The molecule has 1 aromatic heterocycles. The van der Waals surface area contributed by atoms with Gasteiger partial charge >= 0.3 is 0 Å². The molecule has 0 spiro atoms. The molecule has 2 bridgehead atoms. The van der Waals surface area contributed by atoms with Crippen LogP contribution in [0.2, 0.25) is 5.02 Å². The van der Waals surface area contributed by atoms with Gasteiger partial charge in [-0.15, -0.1) is 0 Å². The molecule has 2 aliphatic heterocycles. The summed E-state index contributed by atoms with van der Waals surface area (Å²) in [5.41, 5.74) is 6.54. The van der Waals surface area contributed by atoms with Crippen LogP contribution in [0, 0.1) is 12.8 Å². The fourth-order valence-electron chi connectivity index (χ4n) is 5.59. The van der Waals surface area contributed by atoms with Gasteiger partial charge in [0.05, 0.1) is 12.8 Å². The second-order valence-electron chi connectivity index (χ2n) is 10.2. The SMILES string of the molecule is CCOc1ccc(C=NNC(=O)COc2ccc(Cl)cc2C)cc1CN1CC2CC(C1)c1cccc(=O)n1C2. The standard InChI is InChI=1S/C30H33ClN4O4/c1-3-38-28-9-7-21(14-32-33-29(36)19-39-27-10-8-25(31)11-20(27)2)12-24(28)18-34-15-22-13-23(17-34)26-5-4-6-30(37)35(26)16-22/h4-12,14,22-23H,3,13,15-19H2,1-2H3,(H,33,36). The van der Waals surface area contributed by atoms with Crippen molar-refractivity contribution < 1.29 is 14.3 Å². The Morgan fingerprint density at radius 3 is 2.77 bits per heavy atom. The van der Waals surface area contributed by atoms with Crippen molar-refractivity contribution in [2.75, 3.05) is 26.3 Å². The number of carbonyl (C=O) groups is 1. The zero-order chi connectivity index (χ0) is 27.4. The van der Waals surface area contributed by atoms with Crippen molar-refractivity contribution in [2.45, 2.75) is 39.3 Å². The number of carbonyl (C=O) groups excluding carboxylic acids is 1. The molecule has 1 N–H and O–H groups in total. The van der Waals surface area contributed by atoms with Crippen molar-refractivity contribution >= 4 is 23.7 Å². The Hall–Kier alpha value is -3.62. The molecule has 1 saturated heterocycles. The van der Waals surface area contributed by atoms with Gasteiger partial charge in [0, 0.05) is 54.4 Å². The first-order valence-electron chi connectivity index (χ1n) is 13.3. The third kappa shape index (κ3) is 6.52. The number of nitrogens with zero attached hydrogens (tertiary/aromatic N) is 3. The van der Waals surface area contributed by atoms with Gasteiger partial charge in [0.25, 0.3) is 11.5 Å². The number of likely N-dealkylation sites (tertiary alicyclic amines) is 1. The highest BCUT2D eigenvalue weighted by Crippen LogP contribution is 2.36. The lowest BCUT2D eigenvalue weighted by Crippen LogP contribution is -2.46. The van der Waals surface area contributed by atoms with Crippen molar-refractivity contribution in [1.29, 1.82) is 0 Å². The summed E-state index contributed by atoms with van der Waals surface area (Å²) < 4.78 is 13.5. The third-order valence-electron chi connectivity index (χ3n) is 7.23. The van der Waals surface area contributed by atoms with Crippen LogP contribution in [0.4, 0.5) is 0 Å². The van der Waals surface area contributed by atoms with Crippen LogP contribution < -0.4 is 20.5 Å². The maximum Gasteiger partial charge on any atom is 0.277 e. The van der Waals surface area contributed by atoms with Crippen LogP contribution in [0.1, 0.15) is 41.6 Å². The largest absolute Gasteiger partial charge is 0.494 e. The van der Waals surface area contributed by atoms with Gasteiger partial charge in [-0.25, -0.2) is 5.43 Å². The Morgan fingerprint density at radius 2 is 1.95 bits per heavy atom. The van der Waals surface area contributed by atoms with Crippen molar-refractivity contribution in [3.8, 4) is 11.5 Å². The van der Waals surface area contributed by atoms with Gasteiger partial charge in [0.15, 0.2) is 6.61 Å². The molecule has 3 heterocycles. The van der Waals surface area contributed by atoms with Crippen molar-refractivity contribution in [3.63, 3.8) is 0 Å². The summed E-state index contributed by atoms with van der Waals surface area (Å²) in [4.78, 5) is 27.0. The number of hydrogen-bond donors (Lipinski definition) is 1. The molecule has 204 valence electrons. The van der Waals surface area contributed by atoms with E-state index in [0.29, 0.717) is 29.2 Å². The zero-order valence-electron chi connectivity index (χ0n) is 22.2. The summed E-state index contributed by atoms with van der Waals surface area (Å²) in [6.07, 6.45) is 2.74. The molecule has 5 rings (SSSR count). The summed E-state index contributed by atoms with van der Waals surface area (Å²) in [5, 5.41) is 4.74. The molecular formula is C30H33ClN4O4. The molecular weight excluding hydrogens is 516 g/mol. The Labute approximate surface area is 233 Å². The average Bonchev–Trinajstić information content (AvgIpc) is 2.90. The molecule has 2 atom stereocenters. The van der Waals surface area contributed by atoms with Crippen molar-refractivity contribution in [3.05, 3.63) is 92.4 Å². The van der Waals surface area contributed by atoms with Gasteiger partial charge in [-0.1, -0.05) is 17.7 Å². The van der Waals surface area contributed by atoms with Crippen LogP contribution in [-0.4, -0.2) is 47.9 Å². The highest BCUT2D eigenvalue weighted by Gasteiger charge is 2.34. The van der Waals surface area contributed by atoms with E-state index in [1.807, 2.05) is 36.6 Å². The lowest BCUT2D eigenvalue weighted by Gasteiger charge is -2.43. The summed E-state index contributed by atoms with van der Waals surface area (Å²) in [6.45, 7) is 7.61. The molecule has 0 aliphatic carbocycles. The van der Waals surface area contributed by atoms with Crippen LogP contribution in [0.5, 0.6) is 11.5 Å². The Balaban J connectivity index is 1.22. The van der Waals surface area contributed by atoms with E-state index in [4.69, 9.17) is 21.1 Å². The first-order valence-corrected chi connectivity index (χ1v) is 13.7. The molecule has 2 aliphatic rings. The number of halogens is 1. The lowest BCUT2D eigenvalue weighted by molar-refractivity contribution is -0.123. The smallest absolute Gasteiger partial charge is 0.277 e. The van der Waals surface area contributed by atoms with Crippen LogP contribution in [0.15, 0.2) is 64.5 Å². The maximum atomic E-state index is 12.4. The van der Waals surface area contributed by atoms with E-state index in [1.165, 1.54) is 0 Å². The maximum absolute atomic E-state index is 12.4. The quantitative estimate of drug-likeness (QED) is 0.317. The van der Waals surface area contributed by atoms with Gasteiger partial charge in [0.2, 0.25) is 0 Å². The van der Waals surface area contributed by atoms with Gasteiger partial charge in [0.1, 0.15) is 11.5 Å². The molecule has 2 aromatic carbocycles. The van der Waals surface area contributed by atoms with Crippen LogP contribution in [0.25, 0.3) is 0 Å². The van der Waals surface area contributed by atoms with E-state index in [1.54, 1.807) is 30.5 Å². The van der Waals surface area contributed by atoms with E-state index >= 15 is 0 Å². The van der Waals surface area contributed by atoms with E-state index < -0.39 is 0 Å². The molecule has 0 radical (unpaired) electrons. The minimum absolute atomic E-state index is 0.0972. The average molecular weight is 549 g/mol. The van der Waals surface area contributed by atoms with Gasteiger partial charge in [-0.05, 0) is 79.8 Å². The summed E-state index contributed by atoms with van der Waals surface area (Å²) in [6, 6.07) is 16.8. The molecule has 1 fully saturated rings. The minimum Gasteiger partial charge on any atom is -0.494 e. The third-order valence-corrected chi connectivity index (χ3v) is 7.47. The fraction of sp³-hybridized carbons (Fsp3) is 0.367. The van der Waals surface area contributed by atoms with Gasteiger partial charge < -0.3 is 14.0 Å². The predicted molar refractivity (Wildman–Crippen MR) is 152 cm³/mol. The molecule has 9 heteroatoms. The van der Waals surface area contributed by atoms with Crippen LogP contribution in [-0.2, 0) is 17.9 Å².